The summed E-state index contributed by atoms with van der Waals surface area (Å²) in [5.74, 6) is 0.487. The lowest BCUT2D eigenvalue weighted by Gasteiger charge is -2.11. The molecule has 3 heterocycles. The highest BCUT2D eigenvalue weighted by Gasteiger charge is 2.15. The maximum atomic E-state index is 13.2. The zero-order chi connectivity index (χ0) is 17.4. The maximum Gasteiger partial charge on any atom is 0.265 e. The van der Waals surface area contributed by atoms with Crippen LogP contribution in [0.4, 0.5) is 0 Å². The van der Waals surface area contributed by atoms with E-state index in [0.29, 0.717) is 11.2 Å². The molecule has 0 N–H and O–H groups in total. The van der Waals surface area contributed by atoms with Gasteiger partial charge in [-0.2, -0.15) is 5.10 Å². The number of pyridine rings is 1. The smallest absolute Gasteiger partial charge is 0.265 e. The average molecular weight is 334 g/mol. The molecule has 0 unspecified atom stereocenters. The lowest BCUT2D eigenvalue weighted by molar-refractivity contribution is 0.416. The van der Waals surface area contributed by atoms with Crippen LogP contribution in [0.5, 0.6) is 0 Å². The summed E-state index contributed by atoms with van der Waals surface area (Å²) in [5, 5.41) is 9.87. The SMILES string of the molecule is CCCn1cc(-c2cccc3cc(C)n(-c4ccon4)c(=O)c23)cn1. The van der Waals surface area contributed by atoms with Crippen molar-refractivity contribution in [3.05, 3.63) is 65.0 Å². The third-order valence-electron chi connectivity index (χ3n) is 4.28. The highest BCUT2D eigenvalue weighted by molar-refractivity contribution is 5.96. The van der Waals surface area contributed by atoms with E-state index < -0.39 is 0 Å². The number of hydrogen-bond acceptors (Lipinski definition) is 4. The topological polar surface area (TPSA) is 65.8 Å². The van der Waals surface area contributed by atoms with Crippen LogP contribution in [0.3, 0.4) is 0 Å². The Balaban J connectivity index is 1.99. The van der Waals surface area contributed by atoms with Crippen LogP contribution in [0.15, 0.2) is 58.3 Å². The number of benzene rings is 1. The molecule has 0 aliphatic heterocycles. The van der Waals surface area contributed by atoms with E-state index in [9.17, 15) is 4.79 Å². The zero-order valence-electron chi connectivity index (χ0n) is 14.1. The quantitative estimate of drug-likeness (QED) is 0.572. The van der Waals surface area contributed by atoms with Crippen LogP contribution in [0.25, 0.3) is 27.7 Å². The van der Waals surface area contributed by atoms with E-state index in [-0.39, 0.29) is 5.56 Å². The van der Waals surface area contributed by atoms with E-state index in [1.54, 1.807) is 10.6 Å². The molecule has 1 aromatic carbocycles. The molecule has 4 rings (SSSR count). The Kier molecular flexibility index (Phi) is 3.72. The molecule has 25 heavy (non-hydrogen) atoms. The summed E-state index contributed by atoms with van der Waals surface area (Å²) >= 11 is 0. The van der Waals surface area contributed by atoms with Gasteiger partial charge in [0.1, 0.15) is 6.26 Å². The van der Waals surface area contributed by atoms with Gasteiger partial charge in [0.05, 0.1) is 11.6 Å². The molecule has 0 bridgehead atoms. The molecule has 6 heteroatoms. The molecule has 0 saturated heterocycles. The second-order valence-corrected chi connectivity index (χ2v) is 6.05. The summed E-state index contributed by atoms with van der Waals surface area (Å²) < 4.78 is 8.39. The Labute approximate surface area is 144 Å². The molecular formula is C19H18N4O2. The number of hydrogen-bond donors (Lipinski definition) is 0. The first-order valence-electron chi connectivity index (χ1n) is 8.28. The highest BCUT2D eigenvalue weighted by atomic mass is 16.5. The minimum absolute atomic E-state index is 0.109. The van der Waals surface area contributed by atoms with E-state index in [4.69, 9.17) is 4.52 Å². The molecule has 3 aromatic heterocycles. The van der Waals surface area contributed by atoms with Gasteiger partial charge in [0.15, 0.2) is 5.82 Å². The lowest BCUT2D eigenvalue weighted by atomic mass is 10.0. The molecule has 0 aliphatic rings. The Hall–Kier alpha value is -3.15. The third-order valence-corrected chi connectivity index (χ3v) is 4.28. The van der Waals surface area contributed by atoms with Crippen LogP contribution in [0.1, 0.15) is 19.0 Å². The normalized spacial score (nSPS) is 11.3. The van der Waals surface area contributed by atoms with Crippen molar-refractivity contribution in [2.45, 2.75) is 26.8 Å². The minimum atomic E-state index is -0.109. The van der Waals surface area contributed by atoms with Crippen LogP contribution >= 0.6 is 0 Å². The largest absolute Gasteiger partial charge is 0.363 e. The van der Waals surface area contributed by atoms with Crippen molar-refractivity contribution in [1.82, 2.24) is 19.5 Å². The van der Waals surface area contributed by atoms with Gasteiger partial charge in [0.2, 0.25) is 0 Å². The van der Waals surface area contributed by atoms with Gasteiger partial charge >= 0.3 is 0 Å². The fraction of sp³-hybridized carbons (Fsp3) is 0.211. The summed E-state index contributed by atoms with van der Waals surface area (Å²) in [7, 11) is 0. The molecule has 0 fully saturated rings. The summed E-state index contributed by atoms with van der Waals surface area (Å²) in [6.45, 7) is 4.85. The van der Waals surface area contributed by atoms with Crippen LogP contribution in [-0.2, 0) is 6.54 Å². The molecule has 126 valence electrons. The minimum Gasteiger partial charge on any atom is -0.363 e. The van der Waals surface area contributed by atoms with E-state index in [0.717, 1.165) is 35.2 Å². The molecular weight excluding hydrogens is 316 g/mol. The average Bonchev–Trinajstić information content (AvgIpc) is 3.26. The van der Waals surface area contributed by atoms with Crippen LogP contribution < -0.4 is 5.56 Å². The second-order valence-electron chi connectivity index (χ2n) is 6.05. The van der Waals surface area contributed by atoms with E-state index >= 15 is 0 Å². The van der Waals surface area contributed by atoms with Gasteiger partial charge in [-0.15, -0.1) is 0 Å². The zero-order valence-corrected chi connectivity index (χ0v) is 14.1. The fourth-order valence-corrected chi connectivity index (χ4v) is 3.19. The molecule has 0 saturated carbocycles. The summed E-state index contributed by atoms with van der Waals surface area (Å²) in [4.78, 5) is 13.2. The standard InChI is InChI=1S/C19H18N4O2/c1-3-8-22-12-15(11-20-22)16-6-4-5-14-10-13(2)23(19(24)18(14)16)17-7-9-25-21-17/h4-7,9-12H,3,8H2,1-2H3. The summed E-state index contributed by atoms with van der Waals surface area (Å²) in [6.07, 6.45) is 6.27. The molecule has 0 amide bonds. The first kappa shape index (κ1) is 15.4. The van der Waals surface area contributed by atoms with Gasteiger partial charge < -0.3 is 4.52 Å². The number of nitrogens with zero attached hydrogens (tertiary/aromatic N) is 4. The molecule has 0 spiro atoms. The van der Waals surface area contributed by atoms with Crippen molar-refractivity contribution >= 4 is 10.8 Å². The van der Waals surface area contributed by atoms with Gasteiger partial charge in [-0.05, 0) is 30.4 Å². The third kappa shape index (κ3) is 2.55. The predicted molar refractivity (Wildman–Crippen MR) is 95.9 cm³/mol. The Morgan fingerprint density at radius 1 is 1.24 bits per heavy atom. The van der Waals surface area contributed by atoms with E-state index in [2.05, 4.69) is 17.2 Å². The number of rotatable bonds is 4. The van der Waals surface area contributed by atoms with Crippen LogP contribution in [-0.4, -0.2) is 19.5 Å². The number of aromatic nitrogens is 4. The van der Waals surface area contributed by atoms with Crippen LogP contribution in [0, 0.1) is 6.92 Å². The van der Waals surface area contributed by atoms with Crippen molar-refractivity contribution in [3.8, 4) is 16.9 Å². The fourth-order valence-electron chi connectivity index (χ4n) is 3.19. The first-order valence-corrected chi connectivity index (χ1v) is 8.28. The Morgan fingerprint density at radius 3 is 2.88 bits per heavy atom. The lowest BCUT2D eigenvalue weighted by Crippen LogP contribution is -2.21. The Morgan fingerprint density at radius 2 is 2.12 bits per heavy atom. The number of aryl methyl sites for hydroxylation is 2. The predicted octanol–water partition coefficient (Wildman–Crippen LogP) is 3.56. The molecule has 0 aliphatic carbocycles. The second kappa shape index (κ2) is 6.05. The molecule has 6 nitrogen and oxygen atoms in total. The molecule has 0 atom stereocenters. The van der Waals surface area contributed by atoms with Gasteiger partial charge in [0, 0.05) is 30.1 Å². The first-order chi connectivity index (χ1) is 12.2. The van der Waals surface area contributed by atoms with Gasteiger partial charge in [0.25, 0.3) is 5.56 Å². The molecule has 4 aromatic rings. The van der Waals surface area contributed by atoms with E-state index in [1.165, 1.54) is 6.26 Å². The van der Waals surface area contributed by atoms with Crippen molar-refractivity contribution in [3.63, 3.8) is 0 Å². The van der Waals surface area contributed by atoms with Crippen LogP contribution in [0.2, 0.25) is 0 Å². The van der Waals surface area contributed by atoms with Gasteiger partial charge in [-0.25, -0.2) is 0 Å². The summed E-state index contributed by atoms with van der Waals surface area (Å²) in [6, 6.07) is 9.55. The highest BCUT2D eigenvalue weighted by Crippen LogP contribution is 2.27. The van der Waals surface area contributed by atoms with Crippen molar-refractivity contribution in [1.29, 1.82) is 0 Å². The van der Waals surface area contributed by atoms with Gasteiger partial charge in [-0.3, -0.25) is 14.0 Å². The van der Waals surface area contributed by atoms with Crippen molar-refractivity contribution in [2.24, 2.45) is 0 Å². The summed E-state index contributed by atoms with van der Waals surface area (Å²) in [5.41, 5.74) is 2.52. The molecule has 0 radical (unpaired) electrons. The number of fused-ring (bicyclic) bond motifs is 1. The van der Waals surface area contributed by atoms with Crippen molar-refractivity contribution < 1.29 is 4.52 Å². The monoisotopic (exact) mass is 334 g/mol. The van der Waals surface area contributed by atoms with E-state index in [1.807, 2.05) is 48.3 Å². The van der Waals surface area contributed by atoms with Gasteiger partial charge in [-0.1, -0.05) is 30.3 Å². The van der Waals surface area contributed by atoms with Crippen molar-refractivity contribution in [2.75, 3.05) is 0 Å². The Bertz CT molecular complexity index is 1090. The maximum absolute atomic E-state index is 13.2.